The molecule has 0 bridgehead atoms. The summed E-state index contributed by atoms with van der Waals surface area (Å²) < 4.78 is 14.1. The van der Waals surface area contributed by atoms with E-state index in [0.717, 1.165) is 49.5 Å². The van der Waals surface area contributed by atoms with Crippen molar-refractivity contribution < 1.29 is 9.47 Å². The maximum atomic E-state index is 5.97. The predicted octanol–water partition coefficient (Wildman–Crippen LogP) is 9.00. The fourth-order valence-electron chi connectivity index (χ4n) is 3.22. The summed E-state index contributed by atoms with van der Waals surface area (Å²) in [6.07, 6.45) is 0.856. The zero-order chi connectivity index (χ0) is 21.8. The first kappa shape index (κ1) is 21.7. The van der Waals surface area contributed by atoms with Crippen molar-refractivity contribution in [3.05, 3.63) is 116 Å². The van der Waals surface area contributed by atoms with Crippen LogP contribution in [0.1, 0.15) is 22.3 Å². The molecular formula is C27H22Br2O2. The van der Waals surface area contributed by atoms with Crippen LogP contribution in [0.15, 0.2) is 93.9 Å². The second-order valence-electron chi connectivity index (χ2n) is 7.49. The fraction of sp³-hybridized carbons (Fsp3) is 0.111. The van der Waals surface area contributed by atoms with E-state index in [1.54, 1.807) is 0 Å². The summed E-state index contributed by atoms with van der Waals surface area (Å²) in [7, 11) is 0. The second kappa shape index (κ2) is 9.71. The number of hydrogen-bond acceptors (Lipinski definition) is 2. The summed E-state index contributed by atoms with van der Waals surface area (Å²) in [5.74, 6) is 3.34. The highest BCUT2D eigenvalue weighted by atomic mass is 79.9. The highest BCUT2D eigenvalue weighted by Gasteiger charge is 2.04. The molecule has 0 aliphatic rings. The molecule has 0 fully saturated rings. The van der Waals surface area contributed by atoms with Crippen LogP contribution in [-0.4, -0.2) is 0 Å². The number of aryl methyl sites for hydroxylation is 2. The van der Waals surface area contributed by atoms with Crippen LogP contribution < -0.4 is 9.47 Å². The first-order chi connectivity index (χ1) is 15.0. The van der Waals surface area contributed by atoms with Crippen LogP contribution >= 0.6 is 31.9 Å². The minimum absolute atomic E-state index is 0.832. The molecule has 0 saturated carbocycles. The monoisotopic (exact) mass is 536 g/mol. The predicted molar refractivity (Wildman–Crippen MR) is 134 cm³/mol. The van der Waals surface area contributed by atoms with Crippen molar-refractivity contribution in [2.24, 2.45) is 0 Å². The summed E-state index contributed by atoms with van der Waals surface area (Å²) in [4.78, 5) is 0. The zero-order valence-electron chi connectivity index (χ0n) is 17.4. The van der Waals surface area contributed by atoms with E-state index in [1.807, 2.05) is 60.7 Å². The third-order valence-electron chi connectivity index (χ3n) is 4.99. The molecule has 4 aromatic rings. The molecule has 0 heterocycles. The van der Waals surface area contributed by atoms with Gasteiger partial charge in [0.05, 0.1) is 0 Å². The summed E-state index contributed by atoms with van der Waals surface area (Å²) in [5.41, 5.74) is 4.77. The quantitative estimate of drug-likeness (QED) is 0.244. The molecule has 0 unspecified atom stereocenters. The third kappa shape index (κ3) is 5.78. The molecule has 4 aromatic carbocycles. The molecular weight excluding hydrogens is 516 g/mol. The normalized spacial score (nSPS) is 10.7. The SMILES string of the molecule is Cc1cc(Oc2ccc(Cc3ccc(Oc4ccc(Br)c(C)c4)cc3)cc2)ccc1Br. The van der Waals surface area contributed by atoms with Crippen LogP contribution in [0.5, 0.6) is 23.0 Å². The molecule has 0 aliphatic carbocycles. The van der Waals surface area contributed by atoms with Gasteiger partial charge >= 0.3 is 0 Å². The molecule has 2 nitrogen and oxygen atoms in total. The third-order valence-corrected chi connectivity index (χ3v) is 6.76. The highest BCUT2D eigenvalue weighted by molar-refractivity contribution is 9.10. The smallest absolute Gasteiger partial charge is 0.127 e. The molecule has 0 saturated heterocycles. The Hall–Kier alpha value is -2.56. The molecule has 0 N–H and O–H groups in total. The second-order valence-corrected chi connectivity index (χ2v) is 9.20. The summed E-state index contributed by atoms with van der Waals surface area (Å²) in [6.45, 7) is 4.10. The van der Waals surface area contributed by atoms with Crippen molar-refractivity contribution in [2.75, 3.05) is 0 Å². The van der Waals surface area contributed by atoms with E-state index < -0.39 is 0 Å². The number of rotatable bonds is 6. The van der Waals surface area contributed by atoms with Crippen LogP contribution in [0, 0.1) is 13.8 Å². The van der Waals surface area contributed by atoms with Crippen molar-refractivity contribution in [1.82, 2.24) is 0 Å². The van der Waals surface area contributed by atoms with Crippen LogP contribution in [0.3, 0.4) is 0 Å². The molecule has 156 valence electrons. The lowest BCUT2D eigenvalue weighted by Crippen LogP contribution is -1.91. The van der Waals surface area contributed by atoms with Gasteiger partial charge in [0, 0.05) is 8.95 Å². The molecule has 0 atom stereocenters. The number of halogens is 2. The van der Waals surface area contributed by atoms with Crippen molar-refractivity contribution in [3.63, 3.8) is 0 Å². The summed E-state index contributed by atoms with van der Waals surface area (Å²) in [5, 5.41) is 0. The van der Waals surface area contributed by atoms with Crippen LogP contribution in [0.4, 0.5) is 0 Å². The number of hydrogen-bond donors (Lipinski definition) is 0. The lowest BCUT2D eigenvalue weighted by molar-refractivity contribution is 0.482. The average Bonchev–Trinajstić information content (AvgIpc) is 2.76. The first-order valence-corrected chi connectivity index (χ1v) is 11.6. The van der Waals surface area contributed by atoms with Gasteiger partial charge in [0.15, 0.2) is 0 Å². The Kier molecular flexibility index (Phi) is 6.79. The maximum absolute atomic E-state index is 5.97. The first-order valence-electron chi connectivity index (χ1n) is 10.0. The molecule has 31 heavy (non-hydrogen) atoms. The van der Waals surface area contributed by atoms with E-state index in [0.29, 0.717) is 0 Å². The van der Waals surface area contributed by atoms with E-state index in [4.69, 9.17) is 9.47 Å². The summed E-state index contributed by atoms with van der Waals surface area (Å²) >= 11 is 7.03. The maximum Gasteiger partial charge on any atom is 0.127 e. The molecule has 0 spiro atoms. The van der Waals surface area contributed by atoms with Gasteiger partial charge in [0.25, 0.3) is 0 Å². The van der Waals surface area contributed by atoms with Gasteiger partial charge in [0.2, 0.25) is 0 Å². The minimum Gasteiger partial charge on any atom is -0.457 e. The van der Waals surface area contributed by atoms with E-state index >= 15 is 0 Å². The van der Waals surface area contributed by atoms with Crippen molar-refractivity contribution in [1.29, 1.82) is 0 Å². The van der Waals surface area contributed by atoms with Crippen molar-refractivity contribution >= 4 is 31.9 Å². The van der Waals surface area contributed by atoms with Gasteiger partial charge < -0.3 is 9.47 Å². The Morgan fingerprint density at radius 2 is 0.871 bits per heavy atom. The average molecular weight is 538 g/mol. The highest BCUT2D eigenvalue weighted by Crippen LogP contribution is 2.28. The van der Waals surface area contributed by atoms with Crippen LogP contribution in [0.25, 0.3) is 0 Å². The van der Waals surface area contributed by atoms with E-state index in [2.05, 4.69) is 70.0 Å². The van der Waals surface area contributed by atoms with Crippen LogP contribution in [-0.2, 0) is 6.42 Å². The Balaban J connectivity index is 1.37. The van der Waals surface area contributed by atoms with E-state index in [1.165, 1.54) is 11.1 Å². The van der Waals surface area contributed by atoms with E-state index in [9.17, 15) is 0 Å². The Morgan fingerprint density at radius 1 is 0.516 bits per heavy atom. The standard InChI is InChI=1S/C27H22Br2O2/c1-18-15-24(11-13-26(18)28)30-22-7-3-20(4-8-22)17-21-5-9-23(10-6-21)31-25-12-14-27(29)19(2)16-25/h3-16H,17H2,1-2H3. The van der Waals surface area contributed by atoms with Gasteiger partial charge in [-0.05, 0) is 103 Å². The zero-order valence-corrected chi connectivity index (χ0v) is 20.5. The Bertz CT molecular complexity index is 1090. The largest absolute Gasteiger partial charge is 0.457 e. The molecule has 4 heteroatoms. The molecule has 0 amide bonds. The Labute approximate surface area is 200 Å². The van der Waals surface area contributed by atoms with Crippen molar-refractivity contribution in [3.8, 4) is 23.0 Å². The number of ether oxygens (including phenoxy) is 2. The summed E-state index contributed by atoms with van der Waals surface area (Å²) in [6, 6.07) is 28.5. The van der Waals surface area contributed by atoms with Gasteiger partial charge in [-0.3, -0.25) is 0 Å². The molecule has 0 radical (unpaired) electrons. The van der Waals surface area contributed by atoms with Crippen LogP contribution in [0.2, 0.25) is 0 Å². The van der Waals surface area contributed by atoms with Gasteiger partial charge in [-0.1, -0.05) is 56.1 Å². The topological polar surface area (TPSA) is 18.5 Å². The fourth-order valence-corrected chi connectivity index (χ4v) is 3.71. The molecule has 0 aromatic heterocycles. The van der Waals surface area contributed by atoms with Gasteiger partial charge in [-0.25, -0.2) is 0 Å². The number of benzene rings is 4. The lowest BCUT2D eigenvalue weighted by Gasteiger charge is -2.10. The van der Waals surface area contributed by atoms with Gasteiger partial charge in [0.1, 0.15) is 23.0 Å². The Morgan fingerprint density at radius 3 is 1.23 bits per heavy atom. The lowest BCUT2D eigenvalue weighted by atomic mass is 10.0. The van der Waals surface area contributed by atoms with Gasteiger partial charge in [-0.2, -0.15) is 0 Å². The minimum atomic E-state index is 0.832. The van der Waals surface area contributed by atoms with Gasteiger partial charge in [-0.15, -0.1) is 0 Å². The molecule has 0 aliphatic heterocycles. The molecule has 4 rings (SSSR count). The van der Waals surface area contributed by atoms with E-state index in [-0.39, 0.29) is 0 Å². The van der Waals surface area contributed by atoms with Crippen molar-refractivity contribution in [2.45, 2.75) is 20.3 Å².